The highest BCUT2D eigenvalue weighted by Gasteiger charge is 2.75. The molecular formula is C24H44. The summed E-state index contributed by atoms with van der Waals surface area (Å²) in [5.74, 6) is 1.65. The van der Waals surface area contributed by atoms with Crippen molar-refractivity contribution in [1.82, 2.24) is 0 Å². The second-order valence-electron chi connectivity index (χ2n) is 12.6. The van der Waals surface area contributed by atoms with Crippen LogP contribution in [0.2, 0.25) is 0 Å². The predicted molar refractivity (Wildman–Crippen MR) is 106 cm³/mol. The zero-order chi connectivity index (χ0) is 18.4. The third-order valence-corrected chi connectivity index (χ3v) is 10.8. The van der Waals surface area contributed by atoms with Crippen LogP contribution in [0.1, 0.15) is 108 Å². The zero-order valence-corrected chi connectivity index (χ0v) is 18.4. The van der Waals surface area contributed by atoms with Crippen molar-refractivity contribution in [2.75, 3.05) is 0 Å². The standard InChI is InChI=1S/C24H44/c1-17-12-11-13-22(8)20(5,6)16-21(7)15-19(3,4)14-18(2)23(21,9)24(17,22)10/h17-18H,11-16H2,1-10H3/t17-,18?,21+,22+,23?,24?/m1/s1. The highest BCUT2D eigenvalue weighted by Crippen LogP contribution is 2.82. The van der Waals surface area contributed by atoms with E-state index in [1.54, 1.807) is 0 Å². The van der Waals surface area contributed by atoms with Crippen LogP contribution >= 0.6 is 0 Å². The van der Waals surface area contributed by atoms with Crippen LogP contribution < -0.4 is 0 Å². The molecule has 0 saturated heterocycles. The minimum Gasteiger partial charge on any atom is -0.0619 e. The van der Waals surface area contributed by atoms with E-state index in [1.165, 1.54) is 38.5 Å². The van der Waals surface area contributed by atoms with E-state index >= 15 is 0 Å². The van der Waals surface area contributed by atoms with Crippen molar-refractivity contribution in [3.8, 4) is 0 Å². The average Bonchev–Trinajstić information content (AvgIpc) is 2.38. The van der Waals surface area contributed by atoms with Crippen LogP contribution in [0.3, 0.4) is 0 Å². The second-order valence-corrected chi connectivity index (χ2v) is 12.6. The first-order chi connectivity index (χ1) is 10.7. The maximum atomic E-state index is 2.73. The van der Waals surface area contributed by atoms with Gasteiger partial charge in [-0.25, -0.2) is 0 Å². The summed E-state index contributed by atoms with van der Waals surface area (Å²) < 4.78 is 0. The lowest BCUT2D eigenvalue weighted by atomic mass is 9.25. The van der Waals surface area contributed by atoms with Crippen molar-refractivity contribution in [2.24, 2.45) is 44.3 Å². The Balaban J connectivity index is 2.27. The van der Waals surface area contributed by atoms with Crippen LogP contribution in [0.25, 0.3) is 0 Å². The summed E-state index contributed by atoms with van der Waals surface area (Å²) in [6, 6.07) is 0. The molecule has 3 aliphatic carbocycles. The topological polar surface area (TPSA) is 0 Å². The number of rotatable bonds is 0. The van der Waals surface area contributed by atoms with E-state index in [0.29, 0.717) is 32.5 Å². The first-order valence-corrected chi connectivity index (χ1v) is 10.7. The summed E-state index contributed by atoms with van der Waals surface area (Å²) in [7, 11) is 0. The minimum atomic E-state index is 0.428. The summed E-state index contributed by atoms with van der Waals surface area (Å²) in [6.07, 6.45) is 8.51. The molecule has 24 heavy (non-hydrogen) atoms. The first-order valence-electron chi connectivity index (χ1n) is 10.7. The molecule has 3 rings (SSSR count). The Morgan fingerprint density at radius 2 is 1.29 bits per heavy atom. The second kappa shape index (κ2) is 4.83. The van der Waals surface area contributed by atoms with Gasteiger partial charge in [0.1, 0.15) is 0 Å². The fourth-order valence-electron chi connectivity index (χ4n) is 9.48. The van der Waals surface area contributed by atoms with Crippen LogP contribution in [-0.4, -0.2) is 0 Å². The van der Waals surface area contributed by atoms with Gasteiger partial charge in [-0.05, 0) is 70.0 Å². The first kappa shape index (κ1) is 18.8. The Labute approximate surface area is 152 Å². The molecule has 0 spiro atoms. The smallest absolute Gasteiger partial charge is 0.0180 e. The van der Waals surface area contributed by atoms with Crippen LogP contribution in [0.15, 0.2) is 0 Å². The molecule has 0 aromatic rings. The summed E-state index contributed by atoms with van der Waals surface area (Å²) in [4.78, 5) is 0. The molecule has 3 fully saturated rings. The molecule has 0 nitrogen and oxygen atoms in total. The molecular weight excluding hydrogens is 288 g/mol. The van der Waals surface area contributed by atoms with Gasteiger partial charge >= 0.3 is 0 Å². The summed E-state index contributed by atoms with van der Waals surface area (Å²) >= 11 is 0. The number of hydrogen-bond donors (Lipinski definition) is 0. The van der Waals surface area contributed by atoms with E-state index in [4.69, 9.17) is 0 Å². The van der Waals surface area contributed by atoms with Gasteiger partial charge in [0.05, 0.1) is 0 Å². The molecule has 0 aliphatic heterocycles. The maximum Gasteiger partial charge on any atom is -0.0180 e. The molecule has 0 radical (unpaired) electrons. The fraction of sp³-hybridized carbons (Fsp3) is 1.00. The van der Waals surface area contributed by atoms with Gasteiger partial charge in [-0.15, -0.1) is 0 Å². The van der Waals surface area contributed by atoms with E-state index in [1.807, 2.05) is 0 Å². The molecule has 0 heteroatoms. The van der Waals surface area contributed by atoms with Crippen LogP contribution in [0, 0.1) is 44.3 Å². The summed E-state index contributed by atoms with van der Waals surface area (Å²) in [6.45, 7) is 26.3. The monoisotopic (exact) mass is 332 g/mol. The van der Waals surface area contributed by atoms with Crippen molar-refractivity contribution in [1.29, 1.82) is 0 Å². The van der Waals surface area contributed by atoms with Gasteiger partial charge in [0.15, 0.2) is 0 Å². The molecule has 0 aromatic carbocycles. The van der Waals surface area contributed by atoms with E-state index in [-0.39, 0.29) is 0 Å². The van der Waals surface area contributed by atoms with Crippen molar-refractivity contribution in [2.45, 2.75) is 108 Å². The van der Waals surface area contributed by atoms with Crippen LogP contribution in [-0.2, 0) is 0 Å². The molecule has 0 bridgehead atoms. The lowest BCUT2D eigenvalue weighted by Gasteiger charge is -2.79. The highest BCUT2D eigenvalue weighted by atomic mass is 14.8. The molecule has 3 saturated carbocycles. The van der Waals surface area contributed by atoms with Crippen molar-refractivity contribution in [3.63, 3.8) is 0 Å². The lowest BCUT2D eigenvalue weighted by Crippen LogP contribution is -2.73. The van der Waals surface area contributed by atoms with Crippen LogP contribution in [0.5, 0.6) is 0 Å². The predicted octanol–water partition coefficient (Wildman–Crippen LogP) is 7.72. The van der Waals surface area contributed by atoms with Gasteiger partial charge in [-0.1, -0.05) is 82.1 Å². The highest BCUT2D eigenvalue weighted by molar-refractivity contribution is 5.23. The molecule has 140 valence electrons. The lowest BCUT2D eigenvalue weighted by molar-refractivity contribution is -0.311. The Morgan fingerprint density at radius 1 is 0.708 bits per heavy atom. The SMILES string of the molecule is CC1CC(C)(C)C[C@@]2(C)CC(C)(C)[C@]3(C)CCC[C@@H](C)C3(C)C12C. The Kier molecular flexibility index (Phi) is 3.78. The fourth-order valence-corrected chi connectivity index (χ4v) is 9.48. The van der Waals surface area contributed by atoms with E-state index in [0.717, 1.165) is 11.8 Å². The Bertz CT molecular complexity index is 528. The van der Waals surface area contributed by atoms with Crippen LogP contribution in [0.4, 0.5) is 0 Å². The van der Waals surface area contributed by atoms with E-state index in [9.17, 15) is 0 Å². The van der Waals surface area contributed by atoms with Gasteiger partial charge in [0.2, 0.25) is 0 Å². The molecule has 6 atom stereocenters. The number of fused-ring (bicyclic) bond motifs is 3. The maximum absolute atomic E-state index is 2.73. The van der Waals surface area contributed by atoms with Gasteiger partial charge in [0.25, 0.3) is 0 Å². The Hall–Kier alpha value is 0. The summed E-state index contributed by atoms with van der Waals surface area (Å²) in [5, 5.41) is 0. The quantitative estimate of drug-likeness (QED) is 0.426. The molecule has 3 unspecified atom stereocenters. The molecule has 0 aromatic heterocycles. The molecule has 0 N–H and O–H groups in total. The van der Waals surface area contributed by atoms with Crippen molar-refractivity contribution < 1.29 is 0 Å². The third-order valence-electron chi connectivity index (χ3n) is 10.8. The van der Waals surface area contributed by atoms with Gasteiger partial charge in [-0.2, -0.15) is 0 Å². The van der Waals surface area contributed by atoms with E-state index < -0.39 is 0 Å². The van der Waals surface area contributed by atoms with Crippen molar-refractivity contribution >= 4 is 0 Å². The zero-order valence-electron chi connectivity index (χ0n) is 18.4. The largest absolute Gasteiger partial charge is 0.0619 e. The van der Waals surface area contributed by atoms with Crippen molar-refractivity contribution in [3.05, 3.63) is 0 Å². The number of hydrogen-bond acceptors (Lipinski definition) is 0. The van der Waals surface area contributed by atoms with Gasteiger partial charge in [0, 0.05) is 0 Å². The Morgan fingerprint density at radius 3 is 1.88 bits per heavy atom. The molecule has 3 aliphatic rings. The van der Waals surface area contributed by atoms with Gasteiger partial charge < -0.3 is 0 Å². The third kappa shape index (κ3) is 1.87. The summed E-state index contributed by atoms with van der Waals surface area (Å²) in [5.41, 5.74) is 2.72. The molecule has 0 heterocycles. The average molecular weight is 333 g/mol. The molecule has 0 amide bonds. The minimum absolute atomic E-state index is 0.428. The normalized spacial score (nSPS) is 56.2. The van der Waals surface area contributed by atoms with E-state index in [2.05, 4.69) is 69.2 Å². The van der Waals surface area contributed by atoms with Gasteiger partial charge in [-0.3, -0.25) is 0 Å².